The smallest absolute Gasteiger partial charge is 0.139 e. The summed E-state index contributed by atoms with van der Waals surface area (Å²) in [4.78, 5) is 6.70. The van der Waals surface area contributed by atoms with Crippen LogP contribution in [0.2, 0.25) is 0 Å². The van der Waals surface area contributed by atoms with Crippen LogP contribution in [0, 0.1) is 6.92 Å². The lowest BCUT2D eigenvalue weighted by atomic mass is 10.0. The van der Waals surface area contributed by atoms with Crippen molar-refractivity contribution in [3.8, 4) is 11.4 Å². The first-order valence-corrected chi connectivity index (χ1v) is 6.44. The first kappa shape index (κ1) is 11.8. The van der Waals surface area contributed by atoms with Crippen molar-refractivity contribution in [2.24, 2.45) is 7.05 Å². The Kier molecular flexibility index (Phi) is 2.95. The minimum atomic E-state index is 0.918. The van der Waals surface area contributed by atoms with Crippen LogP contribution in [0.5, 0.6) is 0 Å². The quantitative estimate of drug-likeness (QED) is 0.816. The predicted octanol–water partition coefficient (Wildman–Crippen LogP) is 3.29. The van der Waals surface area contributed by atoms with E-state index in [0.29, 0.717) is 0 Å². The van der Waals surface area contributed by atoms with Crippen LogP contribution in [0.1, 0.15) is 5.56 Å². The minimum absolute atomic E-state index is 0.918. The van der Waals surface area contributed by atoms with E-state index in [0.717, 1.165) is 12.4 Å². The Labute approximate surface area is 113 Å². The van der Waals surface area contributed by atoms with Crippen LogP contribution < -0.4 is 4.90 Å². The molecular formula is C16H17N3. The SMILES string of the molecule is Cc1c(-c2nccn2C)cccc1N1C=CC=CC1. The van der Waals surface area contributed by atoms with Gasteiger partial charge in [-0.1, -0.05) is 24.3 Å². The molecule has 0 saturated heterocycles. The van der Waals surface area contributed by atoms with E-state index in [-0.39, 0.29) is 0 Å². The van der Waals surface area contributed by atoms with Crippen molar-refractivity contribution < 1.29 is 0 Å². The summed E-state index contributed by atoms with van der Waals surface area (Å²) in [5.74, 6) is 1.01. The Bertz CT molecular complexity index is 650. The fourth-order valence-corrected chi connectivity index (χ4v) is 2.45. The Morgan fingerprint density at radius 3 is 2.79 bits per heavy atom. The topological polar surface area (TPSA) is 21.1 Å². The number of hydrogen-bond acceptors (Lipinski definition) is 2. The molecule has 0 unspecified atom stereocenters. The van der Waals surface area contributed by atoms with Crippen LogP contribution in [0.25, 0.3) is 11.4 Å². The van der Waals surface area contributed by atoms with Gasteiger partial charge in [-0.2, -0.15) is 0 Å². The summed E-state index contributed by atoms with van der Waals surface area (Å²) in [5.41, 5.74) is 3.69. The van der Waals surface area contributed by atoms with Crippen molar-refractivity contribution >= 4 is 5.69 Å². The van der Waals surface area contributed by atoms with E-state index >= 15 is 0 Å². The second-order valence-corrected chi connectivity index (χ2v) is 4.73. The Hall–Kier alpha value is -2.29. The molecule has 0 saturated carbocycles. The number of allylic oxidation sites excluding steroid dienone is 2. The second kappa shape index (κ2) is 4.76. The molecule has 2 heterocycles. The van der Waals surface area contributed by atoms with Gasteiger partial charge in [0.2, 0.25) is 0 Å². The molecule has 1 aromatic heterocycles. The summed E-state index contributed by atoms with van der Waals surface area (Å²) >= 11 is 0. The largest absolute Gasteiger partial charge is 0.344 e. The number of aryl methyl sites for hydroxylation is 1. The van der Waals surface area contributed by atoms with E-state index in [1.54, 1.807) is 0 Å². The number of hydrogen-bond donors (Lipinski definition) is 0. The zero-order valence-electron chi connectivity index (χ0n) is 11.2. The Balaban J connectivity index is 2.07. The standard InChI is InChI=1S/C16H17N3/c1-13-14(16-17-9-12-18(16)2)7-6-8-15(13)19-10-4-3-5-11-19/h3-10,12H,11H2,1-2H3. The molecule has 19 heavy (non-hydrogen) atoms. The molecule has 0 aliphatic carbocycles. The lowest BCUT2D eigenvalue weighted by Crippen LogP contribution is -2.18. The van der Waals surface area contributed by atoms with Crippen molar-refractivity contribution in [3.63, 3.8) is 0 Å². The van der Waals surface area contributed by atoms with Gasteiger partial charge >= 0.3 is 0 Å². The molecule has 0 bridgehead atoms. The molecule has 0 spiro atoms. The highest BCUT2D eigenvalue weighted by atomic mass is 15.1. The fraction of sp³-hybridized carbons (Fsp3) is 0.188. The van der Waals surface area contributed by atoms with Crippen LogP contribution in [0.15, 0.2) is 55.0 Å². The molecule has 96 valence electrons. The molecule has 0 fully saturated rings. The maximum Gasteiger partial charge on any atom is 0.139 e. The van der Waals surface area contributed by atoms with Crippen LogP contribution in [-0.2, 0) is 7.05 Å². The van der Waals surface area contributed by atoms with E-state index < -0.39 is 0 Å². The maximum atomic E-state index is 4.45. The minimum Gasteiger partial charge on any atom is -0.344 e. The molecule has 0 N–H and O–H groups in total. The van der Waals surface area contributed by atoms with Crippen molar-refractivity contribution in [2.45, 2.75) is 6.92 Å². The number of aromatic nitrogens is 2. The monoisotopic (exact) mass is 251 g/mol. The number of rotatable bonds is 2. The van der Waals surface area contributed by atoms with Crippen LogP contribution >= 0.6 is 0 Å². The van der Waals surface area contributed by atoms with Gasteiger partial charge in [-0.05, 0) is 24.6 Å². The third-order valence-corrected chi connectivity index (χ3v) is 3.49. The first-order valence-electron chi connectivity index (χ1n) is 6.44. The average Bonchev–Trinajstić information content (AvgIpc) is 2.86. The summed E-state index contributed by atoms with van der Waals surface area (Å²) in [6.07, 6.45) is 12.2. The average molecular weight is 251 g/mol. The molecule has 3 rings (SSSR count). The van der Waals surface area contributed by atoms with Crippen LogP contribution in [0.3, 0.4) is 0 Å². The summed E-state index contributed by atoms with van der Waals surface area (Å²) in [7, 11) is 2.03. The normalized spacial score (nSPS) is 14.1. The van der Waals surface area contributed by atoms with Gasteiger partial charge in [-0.25, -0.2) is 4.98 Å². The third-order valence-electron chi connectivity index (χ3n) is 3.49. The van der Waals surface area contributed by atoms with Crippen molar-refractivity contribution in [3.05, 3.63) is 60.6 Å². The Morgan fingerprint density at radius 1 is 1.21 bits per heavy atom. The molecule has 2 aromatic rings. The van der Waals surface area contributed by atoms with Crippen molar-refractivity contribution in [2.75, 3.05) is 11.4 Å². The molecule has 3 heteroatoms. The predicted molar refractivity (Wildman–Crippen MR) is 79.0 cm³/mol. The third kappa shape index (κ3) is 2.08. The zero-order chi connectivity index (χ0) is 13.2. The summed E-state index contributed by atoms with van der Waals surface area (Å²) in [5, 5.41) is 0. The van der Waals surface area contributed by atoms with E-state index in [2.05, 4.69) is 64.0 Å². The highest BCUT2D eigenvalue weighted by Gasteiger charge is 2.13. The highest BCUT2D eigenvalue weighted by Crippen LogP contribution is 2.30. The Morgan fingerprint density at radius 2 is 2.11 bits per heavy atom. The molecule has 1 aliphatic heterocycles. The van der Waals surface area contributed by atoms with Gasteiger partial charge in [-0.15, -0.1) is 0 Å². The lowest BCUT2D eigenvalue weighted by molar-refractivity contribution is 0.922. The summed E-state index contributed by atoms with van der Waals surface area (Å²) in [6.45, 7) is 3.08. The molecule has 0 radical (unpaired) electrons. The molecule has 1 aliphatic rings. The van der Waals surface area contributed by atoms with E-state index in [1.165, 1.54) is 16.8 Å². The van der Waals surface area contributed by atoms with Crippen LogP contribution in [-0.4, -0.2) is 16.1 Å². The first-order chi connectivity index (χ1) is 9.27. The summed E-state index contributed by atoms with van der Waals surface area (Å²) < 4.78 is 2.05. The fourth-order valence-electron chi connectivity index (χ4n) is 2.45. The molecule has 0 atom stereocenters. The zero-order valence-corrected chi connectivity index (χ0v) is 11.2. The molecule has 3 nitrogen and oxygen atoms in total. The van der Waals surface area contributed by atoms with Gasteiger partial charge in [0.15, 0.2) is 0 Å². The van der Waals surface area contributed by atoms with Gasteiger partial charge < -0.3 is 9.47 Å². The van der Waals surface area contributed by atoms with Gasteiger partial charge in [0.25, 0.3) is 0 Å². The van der Waals surface area contributed by atoms with Crippen LogP contribution in [0.4, 0.5) is 5.69 Å². The van der Waals surface area contributed by atoms with Crippen molar-refractivity contribution in [1.29, 1.82) is 0 Å². The van der Waals surface area contributed by atoms with E-state index in [4.69, 9.17) is 0 Å². The molecular weight excluding hydrogens is 234 g/mol. The van der Waals surface area contributed by atoms with Gasteiger partial charge in [0.1, 0.15) is 5.82 Å². The molecule has 1 aromatic carbocycles. The number of imidazole rings is 1. The van der Waals surface area contributed by atoms with Gasteiger partial charge in [0, 0.05) is 43.4 Å². The van der Waals surface area contributed by atoms with E-state index in [1.807, 2.05) is 19.4 Å². The number of anilines is 1. The van der Waals surface area contributed by atoms with Gasteiger partial charge in [0.05, 0.1) is 0 Å². The van der Waals surface area contributed by atoms with Gasteiger partial charge in [-0.3, -0.25) is 0 Å². The second-order valence-electron chi connectivity index (χ2n) is 4.73. The molecule has 0 amide bonds. The number of nitrogens with zero attached hydrogens (tertiary/aromatic N) is 3. The maximum absolute atomic E-state index is 4.45. The number of benzene rings is 1. The highest BCUT2D eigenvalue weighted by molar-refractivity contribution is 5.71. The summed E-state index contributed by atoms with van der Waals surface area (Å²) in [6, 6.07) is 6.38. The lowest BCUT2D eigenvalue weighted by Gasteiger charge is -2.24. The van der Waals surface area contributed by atoms with Crippen molar-refractivity contribution in [1.82, 2.24) is 9.55 Å². The van der Waals surface area contributed by atoms with E-state index in [9.17, 15) is 0 Å².